The van der Waals surface area contributed by atoms with Gasteiger partial charge < -0.3 is 5.53 Å². The molecule has 2 rings (SSSR count). The van der Waals surface area contributed by atoms with Crippen LogP contribution in [0, 0.1) is 0 Å². The third-order valence-electron chi connectivity index (χ3n) is 10.7. The second kappa shape index (κ2) is 84.5. The van der Waals surface area contributed by atoms with Crippen LogP contribution >= 0.6 is 704 Å². The molecule has 95 heteroatoms. The van der Waals surface area contributed by atoms with Crippen molar-refractivity contribution in [2.24, 2.45) is 0 Å². The molecular weight excluding hydrogens is 3060 g/mol. The van der Waals surface area contributed by atoms with Crippen molar-refractivity contribution >= 4 is 732 Å². The zero-order valence-electron chi connectivity index (χ0n) is 60.1. The minimum absolute atomic E-state index is 0.0113. The number of carbonyl (C=O) groups excluding carboxylic acids is 4. The molecule has 0 N–H and O–H groups in total. The predicted octanol–water partition coefficient (Wildman–Crippen LogP) is 52.3. The van der Waals surface area contributed by atoms with Crippen molar-refractivity contribution in [1.82, 2.24) is 9.97 Å². The van der Waals surface area contributed by atoms with Crippen molar-refractivity contribution in [3.05, 3.63) is 63.6 Å². The van der Waals surface area contributed by atoms with Crippen molar-refractivity contribution in [3.63, 3.8) is 0 Å². The lowest BCUT2D eigenvalue weighted by molar-refractivity contribution is -0.126. The number of rotatable bonds is 47. The van der Waals surface area contributed by atoms with Gasteiger partial charge in [-0.15, -0.1) is 393 Å². The van der Waals surface area contributed by atoms with Crippen LogP contribution < -0.4 is 0 Å². The topological polar surface area (TPSA) is 130 Å². The number of nitrogens with zero attached hydrogens (tertiary/aromatic N) is 4. The second-order valence-corrected chi connectivity index (χ2v) is 366. The third kappa shape index (κ3) is 59.3. The number of aromatic nitrogens is 2. The second-order valence-electron chi connectivity index (χ2n) is 19.5. The Morgan fingerprint density at radius 3 is 0.678 bits per heavy atom. The molecule has 115 heavy (non-hydrogen) atoms. The maximum absolute atomic E-state index is 11.5. The van der Waals surface area contributed by atoms with Crippen LogP contribution in [0.25, 0.3) is 5.53 Å². The molecule has 0 saturated carbocycles. The fourth-order valence-electron chi connectivity index (χ4n) is 7.06. The van der Waals surface area contributed by atoms with Gasteiger partial charge in [-0.1, -0.05) is 43.3 Å². The summed E-state index contributed by atoms with van der Waals surface area (Å²) in [6.45, 7) is -1.66. The zero-order valence-corrected chi connectivity index (χ0v) is 149. The smallest absolute Gasteiger partial charge is 0.360 e. The van der Waals surface area contributed by atoms with Crippen LogP contribution in [-0.2, 0) is 32.0 Å². The highest BCUT2D eigenvalue weighted by atomic mass is 35.5. The predicted molar refractivity (Wildman–Crippen MR) is 823 cm³/mol. The number of ketones is 4. The lowest BCUT2D eigenvalue weighted by atomic mass is 10.1. The lowest BCUT2D eigenvalue weighted by Gasteiger charge is -2.56. The summed E-state index contributed by atoms with van der Waals surface area (Å²) in [5.74, 6) is -1.34. The first kappa shape index (κ1) is 151. The van der Waals surface area contributed by atoms with E-state index in [0.29, 0.717) is 15.9 Å². The SMILES string of the molecule is CC(=O)C(=[N+]=[N-])C(=O)Cc1ccc(Cl)nc1.CC(=O)CC(=O)Cc1ccc(Cl)nc1.PP(P)P(P(P)P)P(P(P)P)P(P(P(P(P)P)P(P)P)P(P(P)P)P(P)P)P(P(P(P)P)P(P)P)P(P(P)P)P(P)P.PPP(P)P(P(P(P)P)P(P)P)P(P(P(P(P)P)P(P)P)P(P(P)P)P(P)P)P(P(P(P)P)P(P)P)P(P(P)P)P(P)P. The number of halogens is 2. The van der Waals surface area contributed by atoms with E-state index in [2.05, 4.69) is 408 Å². The summed E-state index contributed by atoms with van der Waals surface area (Å²) in [7, 11) is 151. The first-order chi connectivity index (χ1) is 52.7. The molecule has 48 unspecified atom stereocenters. The van der Waals surface area contributed by atoms with E-state index in [4.69, 9.17) is 28.7 Å². The average molecular weight is 3170 g/mol. The van der Waals surface area contributed by atoms with E-state index in [1.165, 1.54) is 19.2 Å². The Balaban J connectivity index is 0. The van der Waals surface area contributed by atoms with E-state index in [1.54, 1.807) is 24.4 Å². The van der Waals surface area contributed by atoms with Gasteiger partial charge in [-0.3, -0.25) is 19.2 Å². The van der Waals surface area contributed by atoms with Gasteiger partial charge in [0.1, 0.15) is 21.9 Å². The van der Waals surface area contributed by atoms with Crippen LogP contribution in [0.15, 0.2) is 36.7 Å². The van der Waals surface area contributed by atoms with Gasteiger partial charge in [0.25, 0.3) is 5.78 Å². The molecule has 2 heterocycles. The highest BCUT2D eigenvalue weighted by Crippen LogP contribution is 3.46. The standard InChI is InChI=1S/C10H8ClN3O2.C10H10ClNO2.H45P43.H44P42/c1-6(15)10(14-12)8(16)4-7-2-3-9(11)13-5-7;1-7(13)4-9(14)5-8-2-3-10(11)12-6-8;1-23-34(22)40(35(24(2)3)25(4)5)43(41(36(26(6)7)27(8)9)37(28(10)11)29(12)13)42(38(30(14)15)31(16)17)39(32(18)19)33(20)21;1-23(2)34(24(3)4)39(33(21)22)42(40(35(25(5)6)26(7)8)36(27(9)10)28(11)12)41(37(29(13)14)30(15)16)38(31(17)18)32(19)20/h2-3,5H,4H2,1H3;2-3,6H,4-5H2,1H3;23H,1-22H2;1-22H2. The number of pyridine rings is 2. The summed E-state index contributed by atoms with van der Waals surface area (Å²) in [5.41, 5.74) is 9.41. The molecule has 0 saturated heterocycles. The zero-order chi connectivity index (χ0) is 90.5. The molecule has 0 aromatic carbocycles. The van der Waals surface area contributed by atoms with Crippen LogP contribution in [0.2, 0.25) is 10.3 Å². The van der Waals surface area contributed by atoms with E-state index < -0.39 is 17.3 Å². The molecule has 48 atom stereocenters. The number of hydrogen-bond donors (Lipinski definition) is 0. The van der Waals surface area contributed by atoms with Crippen molar-refractivity contribution < 1.29 is 24.0 Å². The number of carbonyl (C=O) groups is 4. The van der Waals surface area contributed by atoms with Gasteiger partial charge in [-0.25, -0.2) is 9.97 Å². The Morgan fingerprint density at radius 2 is 0.504 bits per heavy atom. The van der Waals surface area contributed by atoms with E-state index in [1.807, 2.05) is 0 Å². The Bertz CT molecular complexity index is 2860. The minimum atomic E-state index is -0.575. The van der Waals surface area contributed by atoms with Crippen LogP contribution in [0.1, 0.15) is 31.4 Å². The number of Topliss-reactive ketones (excluding diaryl/α,β-unsaturated/α-hetero) is 4. The first-order valence-electron chi connectivity index (χ1n) is 27.8. The summed E-state index contributed by atoms with van der Waals surface area (Å²) >= 11 is 11.2. The Labute approximate surface area is 850 Å². The van der Waals surface area contributed by atoms with Gasteiger partial charge in [-0.2, -0.15) is 4.79 Å². The summed E-state index contributed by atoms with van der Waals surface area (Å²) < 4.78 is 0. The summed E-state index contributed by atoms with van der Waals surface area (Å²) in [4.78, 5) is 54.6. The molecule has 0 aliphatic carbocycles. The van der Waals surface area contributed by atoms with Gasteiger partial charge in [0, 0.05) is 32.2 Å². The number of hydrogen-bond acceptors (Lipinski definition) is 6. The van der Waals surface area contributed by atoms with Gasteiger partial charge in [0.05, 0.1) is 6.42 Å². The fraction of sp³-hybridized carbons (Fsp3) is 0.250. The van der Waals surface area contributed by atoms with E-state index in [-0.39, 0.29) is 310 Å². The van der Waals surface area contributed by atoms with Crippen LogP contribution in [0.5, 0.6) is 0 Å². The molecular formula is C20H107Cl2N4O4P85. The third-order valence-corrected chi connectivity index (χ3v) is 589. The van der Waals surface area contributed by atoms with Crippen molar-refractivity contribution in [3.8, 4) is 0 Å². The molecule has 0 amide bonds. The molecule has 0 spiro atoms. The first-order valence-corrected chi connectivity index (χ1v) is 182. The van der Waals surface area contributed by atoms with Crippen molar-refractivity contribution in [2.45, 2.75) is 33.1 Å². The quantitative estimate of drug-likeness (QED) is 0.0162. The molecule has 0 aliphatic rings. The van der Waals surface area contributed by atoms with E-state index >= 15 is 0 Å². The summed E-state index contributed by atoms with van der Waals surface area (Å²) in [6, 6.07) is 6.50. The lowest BCUT2D eigenvalue weighted by Crippen LogP contribution is -2.24. The minimum Gasteiger partial charge on any atom is -0.360 e. The molecule has 2 aromatic heterocycles. The average Bonchev–Trinajstić information content (AvgIpc) is 0.748. The van der Waals surface area contributed by atoms with Crippen molar-refractivity contribution in [1.29, 1.82) is 0 Å². The Hall–Kier alpha value is 33.5. The maximum atomic E-state index is 11.5. The highest BCUT2D eigenvalue weighted by Gasteiger charge is 2.59. The monoisotopic (exact) mass is 3170 g/mol. The van der Waals surface area contributed by atoms with Crippen LogP contribution in [0.3, 0.4) is 0 Å². The molecule has 2 aromatic rings. The normalized spacial score (nSPS) is 14.0. The fourth-order valence-corrected chi connectivity index (χ4v) is 1190. The molecule has 670 valence electrons. The Kier molecular flexibility index (Phi) is 111. The highest BCUT2D eigenvalue weighted by molar-refractivity contribution is 9.52. The van der Waals surface area contributed by atoms with Gasteiger partial charge in [0.15, 0.2) is 0 Å². The van der Waals surface area contributed by atoms with Crippen molar-refractivity contribution in [2.75, 3.05) is 0 Å². The molecule has 0 radical (unpaired) electrons. The summed E-state index contributed by atoms with van der Waals surface area (Å²) in [6.07, 6.45) is 3.14. The van der Waals surface area contributed by atoms with Gasteiger partial charge in [-0.05, 0) is 310 Å². The largest absolute Gasteiger partial charge is 0.400 e. The van der Waals surface area contributed by atoms with E-state index in [0.717, 1.165) is 20.4 Å². The maximum Gasteiger partial charge on any atom is 0.400 e. The van der Waals surface area contributed by atoms with E-state index in [9.17, 15) is 19.2 Å². The van der Waals surface area contributed by atoms with Gasteiger partial charge in [0.2, 0.25) is 5.78 Å². The molecule has 0 fully saturated rings. The van der Waals surface area contributed by atoms with Crippen LogP contribution in [-0.4, -0.2) is 43.6 Å². The summed E-state index contributed by atoms with van der Waals surface area (Å²) in [5, 5.41) is 0.714. The van der Waals surface area contributed by atoms with Crippen LogP contribution in [0.4, 0.5) is 0 Å². The van der Waals surface area contributed by atoms with Gasteiger partial charge >= 0.3 is 5.71 Å². The molecule has 0 aliphatic heterocycles. The molecule has 0 bridgehead atoms. The Morgan fingerprint density at radius 1 is 0.313 bits per heavy atom. The molecule has 8 nitrogen and oxygen atoms in total.